The fourth-order valence-electron chi connectivity index (χ4n) is 9.13. The second kappa shape index (κ2) is 13.2. The lowest BCUT2D eigenvalue weighted by molar-refractivity contribution is -0.142. The summed E-state index contributed by atoms with van der Waals surface area (Å²) in [4.78, 5) is 69.6. The first-order chi connectivity index (χ1) is 22.9. The molecular weight excluding hydrogens is 612 g/mol. The van der Waals surface area contributed by atoms with Crippen LogP contribution in [-0.2, 0) is 31.2 Å². The standard InChI is InChI=1S/C37H46N4O7/c1-23(2)30(41-33(45)36(3,28-12-8-5-9-13-28)40(35(41)47)21-24-10-6-4-7-11-24)31(42)38-20-29(32(43)44)39-34(46)48-22-37-17-25-14-26(18-37)16-27(15-25)19-37/h4-13,23,25-27,29-30H,14-22H2,1-3H3,(H,38,42)(H,39,46)(H,43,44)/t25?,26?,27?,29-,30+,36+,37?/m0/s1. The normalized spacial score (nSPS) is 28.8. The number of benzene rings is 2. The van der Waals surface area contributed by atoms with Gasteiger partial charge in [0, 0.05) is 18.5 Å². The van der Waals surface area contributed by atoms with Crippen molar-refractivity contribution < 1.29 is 33.8 Å². The summed E-state index contributed by atoms with van der Waals surface area (Å²) in [6.07, 6.45) is 6.07. The Bertz CT molecular complexity index is 1510. The molecule has 0 radical (unpaired) electrons. The van der Waals surface area contributed by atoms with Gasteiger partial charge in [0.25, 0.3) is 5.91 Å². The van der Waals surface area contributed by atoms with Crippen LogP contribution in [0.1, 0.15) is 70.4 Å². The van der Waals surface area contributed by atoms with Crippen molar-refractivity contribution in [3.8, 4) is 0 Å². The molecule has 5 aliphatic rings. The Balaban J connectivity index is 1.14. The average molecular weight is 659 g/mol. The smallest absolute Gasteiger partial charge is 0.407 e. The Kier molecular flexibility index (Phi) is 9.24. The number of rotatable bonds is 12. The third-order valence-corrected chi connectivity index (χ3v) is 11.1. The van der Waals surface area contributed by atoms with Crippen molar-refractivity contribution >= 4 is 29.9 Å². The number of carbonyl (C=O) groups excluding carboxylic acids is 4. The molecule has 3 N–H and O–H groups in total. The summed E-state index contributed by atoms with van der Waals surface area (Å²) in [6, 6.07) is 15.0. The van der Waals surface area contributed by atoms with E-state index < -0.39 is 60.0 Å². The fraction of sp³-hybridized carbons (Fsp3) is 0.541. The topological polar surface area (TPSA) is 145 Å². The van der Waals surface area contributed by atoms with Crippen LogP contribution < -0.4 is 10.6 Å². The number of aliphatic carboxylic acids is 1. The molecule has 1 saturated heterocycles. The van der Waals surface area contributed by atoms with E-state index >= 15 is 0 Å². The van der Waals surface area contributed by atoms with Crippen molar-refractivity contribution in [2.45, 2.75) is 83.5 Å². The first-order valence-corrected chi connectivity index (χ1v) is 17.1. The molecule has 0 unspecified atom stereocenters. The zero-order valence-electron chi connectivity index (χ0n) is 27.9. The molecule has 0 aromatic heterocycles. The molecule has 2 aromatic rings. The van der Waals surface area contributed by atoms with E-state index in [0.29, 0.717) is 23.3 Å². The molecule has 0 spiro atoms. The van der Waals surface area contributed by atoms with Gasteiger partial charge in [0.2, 0.25) is 5.91 Å². The van der Waals surface area contributed by atoms with Crippen LogP contribution in [0, 0.1) is 29.1 Å². The van der Waals surface area contributed by atoms with Gasteiger partial charge in [-0.25, -0.2) is 19.3 Å². The van der Waals surface area contributed by atoms with E-state index in [1.807, 2.05) is 36.4 Å². The molecule has 11 heteroatoms. The lowest BCUT2D eigenvalue weighted by Gasteiger charge is -2.56. The van der Waals surface area contributed by atoms with Crippen molar-refractivity contribution in [1.82, 2.24) is 20.4 Å². The van der Waals surface area contributed by atoms with Gasteiger partial charge in [0.15, 0.2) is 0 Å². The van der Waals surface area contributed by atoms with Crippen LogP contribution in [0.4, 0.5) is 9.59 Å². The van der Waals surface area contributed by atoms with Gasteiger partial charge in [-0.1, -0.05) is 74.5 Å². The minimum atomic E-state index is -1.47. The van der Waals surface area contributed by atoms with Crippen molar-refractivity contribution in [2.75, 3.05) is 13.2 Å². The monoisotopic (exact) mass is 658 g/mol. The molecule has 7 rings (SSSR count). The minimum Gasteiger partial charge on any atom is -0.480 e. The van der Waals surface area contributed by atoms with Gasteiger partial charge in [-0.05, 0) is 80.2 Å². The maximum absolute atomic E-state index is 14.3. The molecule has 3 atom stereocenters. The summed E-state index contributed by atoms with van der Waals surface area (Å²) >= 11 is 0. The van der Waals surface area contributed by atoms with Gasteiger partial charge in [-0.15, -0.1) is 0 Å². The molecule has 256 valence electrons. The van der Waals surface area contributed by atoms with Crippen LogP contribution in [0.25, 0.3) is 0 Å². The van der Waals surface area contributed by atoms with Gasteiger partial charge in [-0.3, -0.25) is 9.59 Å². The Hall–Kier alpha value is -4.41. The van der Waals surface area contributed by atoms with Gasteiger partial charge in [0.1, 0.15) is 17.6 Å². The number of hydrogen-bond acceptors (Lipinski definition) is 6. The van der Waals surface area contributed by atoms with Crippen LogP contribution in [0.3, 0.4) is 0 Å². The number of imide groups is 1. The van der Waals surface area contributed by atoms with Crippen molar-refractivity contribution in [3.05, 3.63) is 71.8 Å². The number of carbonyl (C=O) groups is 5. The number of hydrogen-bond donors (Lipinski definition) is 3. The molecule has 1 heterocycles. The third kappa shape index (κ3) is 6.39. The number of amides is 5. The quantitative estimate of drug-likeness (QED) is 0.275. The Labute approximate surface area is 281 Å². The minimum absolute atomic E-state index is 0.0268. The van der Waals surface area contributed by atoms with Gasteiger partial charge >= 0.3 is 18.1 Å². The maximum atomic E-state index is 14.3. The van der Waals surface area contributed by atoms with Crippen LogP contribution in [-0.4, -0.2) is 70.0 Å². The zero-order valence-corrected chi connectivity index (χ0v) is 27.9. The van der Waals surface area contributed by atoms with Crippen molar-refractivity contribution in [2.24, 2.45) is 29.1 Å². The third-order valence-electron chi connectivity index (χ3n) is 11.1. The molecule has 4 saturated carbocycles. The highest BCUT2D eigenvalue weighted by atomic mass is 16.5. The number of nitrogens with zero attached hydrogens (tertiary/aromatic N) is 2. The molecule has 4 aliphatic carbocycles. The number of urea groups is 1. The van der Waals surface area contributed by atoms with Gasteiger partial charge in [-0.2, -0.15) is 0 Å². The largest absolute Gasteiger partial charge is 0.480 e. The van der Waals surface area contributed by atoms with Crippen molar-refractivity contribution in [1.29, 1.82) is 0 Å². The Morgan fingerprint density at radius 1 is 0.917 bits per heavy atom. The van der Waals surface area contributed by atoms with E-state index in [4.69, 9.17) is 4.74 Å². The number of ether oxygens (including phenoxy) is 1. The number of carboxylic acid groups (broad SMARTS) is 1. The molecule has 4 bridgehead atoms. The highest BCUT2D eigenvalue weighted by Crippen LogP contribution is 2.60. The van der Waals surface area contributed by atoms with E-state index in [0.717, 1.165) is 29.7 Å². The van der Waals surface area contributed by atoms with Crippen molar-refractivity contribution in [3.63, 3.8) is 0 Å². The van der Waals surface area contributed by atoms with E-state index in [2.05, 4.69) is 10.6 Å². The van der Waals surface area contributed by atoms with E-state index in [9.17, 15) is 29.1 Å². The predicted molar refractivity (Wildman–Crippen MR) is 176 cm³/mol. The fourth-order valence-corrected chi connectivity index (χ4v) is 9.13. The maximum Gasteiger partial charge on any atom is 0.407 e. The summed E-state index contributed by atoms with van der Waals surface area (Å²) in [5.74, 6) is -1.04. The van der Waals surface area contributed by atoms with E-state index in [-0.39, 0.29) is 18.6 Å². The molecular formula is C37H46N4O7. The summed E-state index contributed by atoms with van der Waals surface area (Å²) in [5.41, 5.74) is -0.000642. The summed E-state index contributed by atoms with van der Waals surface area (Å²) in [6.45, 7) is 5.06. The Morgan fingerprint density at radius 2 is 1.48 bits per heavy atom. The predicted octanol–water partition coefficient (Wildman–Crippen LogP) is 4.90. The molecule has 48 heavy (non-hydrogen) atoms. The number of nitrogens with one attached hydrogen (secondary N) is 2. The highest BCUT2D eigenvalue weighted by molar-refractivity contribution is 6.10. The van der Waals surface area contributed by atoms with Gasteiger partial charge in [0.05, 0.1) is 6.61 Å². The van der Waals surface area contributed by atoms with Crippen LogP contribution in [0.2, 0.25) is 0 Å². The number of carboxylic acids is 1. The second-order valence-corrected chi connectivity index (χ2v) is 14.9. The van der Waals surface area contributed by atoms with Crippen LogP contribution in [0.15, 0.2) is 60.7 Å². The second-order valence-electron chi connectivity index (χ2n) is 14.9. The molecule has 11 nitrogen and oxygen atoms in total. The molecule has 5 fully saturated rings. The summed E-state index contributed by atoms with van der Waals surface area (Å²) in [5, 5.41) is 14.9. The molecule has 5 amide bonds. The van der Waals surface area contributed by atoms with Crippen LogP contribution in [0.5, 0.6) is 0 Å². The lowest BCUT2D eigenvalue weighted by atomic mass is 9.50. The van der Waals surface area contributed by atoms with Gasteiger partial charge < -0.3 is 25.4 Å². The molecule has 2 aromatic carbocycles. The van der Waals surface area contributed by atoms with E-state index in [1.54, 1.807) is 45.0 Å². The number of alkyl carbamates (subject to hydrolysis) is 1. The first kappa shape index (κ1) is 33.5. The van der Waals surface area contributed by atoms with Crippen LogP contribution >= 0.6 is 0 Å². The van der Waals surface area contributed by atoms with E-state index in [1.165, 1.54) is 24.2 Å². The summed E-state index contributed by atoms with van der Waals surface area (Å²) < 4.78 is 5.61. The lowest BCUT2D eigenvalue weighted by Crippen LogP contribution is -2.56. The molecule has 1 aliphatic heterocycles. The zero-order chi connectivity index (χ0) is 34.2. The average Bonchev–Trinajstić information content (AvgIpc) is 3.23. The first-order valence-electron chi connectivity index (χ1n) is 17.1. The highest BCUT2D eigenvalue weighted by Gasteiger charge is 2.58. The summed E-state index contributed by atoms with van der Waals surface area (Å²) in [7, 11) is 0. The SMILES string of the molecule is CC(C)[C@H](C(=O)NC[C@H](NC(=O)OCC12CC3CC(CC(C3)C1)C2)C(=O)O)N1C(=O)N(Cc2ccccc2)[C@](C)(c2ccccc2)C1=O. The Morgan fingerprint density at radius 3 is 2.02 bits per heavy atom.